The van der Waals surface area contributed by atoms with Crippen molar-refractivity contribution in [3.63, 3.8) is 0 Å². The Morgan fingerprint density at radius 1 is 1.04 bits per heavy atom. The molecule has 0 radical (unpaired) electrons. The summed E-state index contributed by atoms with van der Waals surface area (Å²) >= 11 is 1.39. The fourth-order valence-electron chi connectivity index (χ4n) is 2.42. The maximum Gasteiger partial charge on any atom is 0.417 e. The van der Waals surface area contributed by atoms with Crippen LogP contribution in [0, 0.1) is 6.92 Å². The molecular formula is C17H13F3N2O2S2. The molecule has 3 aromatic rings. The zero-order chi connectivity index (χ0) is 18.9. The largest absolute Gasteiger partial charge is 0.417 e. The van der Waals surface area contributed by atoms with Gasteiger partial charge in [-0.05, 0) is 25.1 Å². The number of halogens is 3. The number of nitrogens with zero attached hydrogens (tertiary/aromatic N) is 1. The molecule has 0 aliphatic rings. The van der Waals surface area contributed by atoms with Gasteiger partial charge < -0.3 is 0 Å². The van der Waals surface area contributed by atoms with E-state index in [0.29, 0.717) is 11.3 Å². The van der Waals surface area contributed by atoms with Crippen LogP contribution >= 0.6 is 11.3 Å². The van der Waals surface area contributed by atoms with Crippen molar-refractivity contribution < 1.29 is 21.6 Å². The van der Waals surface area contributed by atoms with E-state index >= 15 is 0 Å². The Bertz CT molecular complexity index is 1040. The van der Waals surface area contributed by atoms with Gasteiger partial charge in [0.1, 0.15) is 0 Å². The molecule has 0 aliphatic heterocycles. The lowest BCUT2D eigenvalue weighted by atomic mass is 10.1. The highest BCUT2D eigenvalue weighted by Crippen LogP contribution is 2.36. The van der Waals surface area contributed by atoms with Crippen LogP contribution in [0.25, 0.3) is 11.3 Å². The summed E-state index contributed by atoms with van der Waals surface area (Å²) in [4.78, 5) is 3.48. The molecule has 0 unspecified atom stereocenters. The summed E-state index contributed by atoms with van der Waals surface area (Å²) in [7, 11) is -4.45. The predicted octanol–water partition coefficient (Wildman–Crippen LogP) is 4.94. The van der Waals surface area contributed by atoms with Gasteiger partial charge in [-0.2, -0.15) is 13.2 Å². The van der Waals surface area contributed by atoms with Crippen LogP contribution in [-0.2, 0) is 16.2 Å². The van der Waals surface area contributed by atoms with Crippen LogP contribution in [0.5, 0.6) is 0 Å². The van der Waals surface area contributed by atoms with Gasteiger partial charge in [0.15, 0.2) is 0 Å². The minimum atomic E-state index is -4.78. The lowest BCUT2D eigenvalue weighted by Gasteiger charge is -2.15. The van der Waals surface area contributed by atoms with Crippen LogP contribution in [0.4, 0.5) is 18.9 Å². The Balaban J connectivity index is 2.06. The van der Waals surface area contributed by atoms with E-state index in [0.717, 1.165) is 23.2 Å². The van der Waals surface area contributed by atoms with E-state index in [2.05, 4.69) is 9.71 Å². The summed E-state index contributed by atoms with van der Waals surface area (Å²) in [5.74, 6) is 0. The van der Waals surface area contributed by atoms with Crippen molar-refractivity contribution in [3.05, 3.63) is 64.5 Å². The second-order valence-corrected chi connectivity index (χ2v) is 8.11. The quantitative estimate of drug-likeness (QED) is 0.677. The van der Waals surface area contributed by atoms with Crippen LogP contribution in [-0.4, -0.2) is 13.4 Å². The lowest BCUT2D eigenvalue weighted by Crippen LogP contribution is -2.19. The number of para-hydroxylation sites is 1. The Labute approximate surface area is 152 Å². The molecule has 0 atom stereocenters. The van der Waals surface area contributed by atoms with Gasteiger partial charge in [0.25, 0.3) is 10.0 Å². The second-order valence-electron chi connectivity index (χ2n) is 5.40. The summed E-state index contributed by atoms with van der Waals surface area (Å²) in [6.07, 6.45) is -4.78. The Kier molecular flexibility index (Phi) is 4.76. The lowest BCUT2D eigenvalue weighted by molar-refractivity contribution is -0.139. The van der Waals surface area contributed by atoms with Crippen LogP contribution in [0.3, 0.4) is 0 Å². The molecule has 1 heterocycles. The zero-order valence-electron chi connectivity index (χ0n) is 13.4. The van der Waals surface area contributed by atoms with Gasteiger partial charge in [-0.3, -0.25) is 4.72 Å². The number of anilines is 1. The standard InChI is InChI=1S/C17H13F3N2O2S2/c1-11-21-15(10-25-11)12-6-2-4-8-14(12)22-26(23,24)16-9-5-3-7-13(16)17(18,19)20/h2-10,22H,1H3. The van der Waals surface area contributed by atoms with E-state index in [4.69, 9.17) is 0 Å². The number of hydrogen-bond acceptors (Lipinski definition) is 4. The third-order valence-electron chi connectivity index (χ3n) is 3.55. The molecule has 3 rings (SSSR count). The molecule has 0 fully saturated rings. The maximum atomic E-state index is 13.2. The van der Waals surface area contributed by atoms with Crippen molar-refractivity contribution in [2.45, 2.75) is 18.0 Å². The number of rotatable bonds is 4. The van der Waals surface area contributed by atoms with E-state index in [-0.39, 0.29) is 5.69 Å². The Morgan fingerprint density at radius 3 is 2.35 bits per heavy atom. The zero-order valence-corrected chi connectivity index (χ0v) is 15.0. The third-order valence-corrected chi connectivity index (χ3v) is 5.75. The van der Waals surface area contributed by atoms with E-state index < -0.39 is 26.7 Å². The molecule has 26 heavy (non-hydrogen) atoms. The molecule has 1 N–H and O–H groups in total. The molecule has 9 heteroatoms. The number of alkyl halides is 3. The number of nitrogens with one attached hydrogen (secondary N) is 1. The number of hydrogen-bond donors (Lipinski definition) is 1. The average molecular weight is 398 g/mol. The van der Waals surface area contributed by atoms with Gasteiger partial charge in [0, 0.05) is 10.9 Å². The monoisotopic (exact) mass is 398 g/mol. The molecule has 2 aromatic carbocycles. The first-order valence-corrected chi connectivity index (χ1v) is 9.75. The van der Waals surface area contributed by atoms with E-state index in [1.807, 2.05) is 0 Å². The molecule has 0 saturated heterocycles. The van der Waals surface area contributed by atoms with E-state index in [1.54, 1.807) is 30.5 Å². The van der Waals surface area contributed by atoms with Crippen molar-refractivity contribution in [1.82, 2.24) is 4.98 Å². The van der Waals surface area contributed by atoms with Crippen LogP contribution < -0.4 is 4.72 Å². The number of benzene rings is 2. The molecule has 0 bridgehead atoms. The summed E-state index contributed by atoms with van der Waals surface area (Å²) in [6.45, 7) is 1.81. The number of thiazole rings is 1. The maximum absolute atomic E-state index is 13.2. The van der Waals surface area contributed by atoms with Crippen molar-refractivity contribution >= 4 is 27.0 Å². The minimum absolute atomic E-state index is 0.162. The first-order valence-electron chi connectivity index (χ1n) is 7.39. The highest BCUT2D eigenvalue weighted by Gasteiger charge is 2.37. The summed E-state index contributed by atoms with van der Waals surface area (Å²) in [6, 6.07) is 10.5. The summed E-state index contributed by atoms with van der Waals surface area (Å²) < 4.78 is 67.0. The smallest absolute Gasteiger partial charge is 0.279 e. The number of aromatic nitrogens is 1. The van der Waals surface area contributed by atoms with E-state index in [1.165, 1.54) is 23.5 Å². The Hall–Kier alpha value is -2.39. The predicted molar refractivity (Wildman–Crippen MR) is 94.5 cm³/mol. The van der Waals surface area contributed by atoms with Crippen LogP contribution in [0.2, 0.25) is 0 Å². The fraction of sp³-hybridized carbons (Fsp3) is 0.118. The van der Waals surface area contributed by atoms with Gasteiger partial charge in [-0.25, -0.2) is 13.4 Å². The topological polar surface area (TPSA) is 59.1 Å². The van der Waals surface area contributed by atoms with Crippen LogP contribution in [0.15, 0.2) is 58.8 Å². The minimum Gasteiger partial charge on any atom is -0.279 e. The third kappa shape index (κ3) is 3.73. The van der Waals surface area contributed by atoms with Gasteiger partial charge in [-0.1, -0.05) is 30.3 Å². The molecule has 0 aliphatic carbocycles. The Morgan fingerprint density at radius 2 is 1.69 bits per heavy atom. The highest BCUT2D eigenvalue weighted by molar-refractivity contribution is 7.92. The average Bonchev–Trinajstić information content (AvgIpc) is 3.00. The van der Waals surface area contributed by atoms with Gasteiger partial charge >= 0.3 is 6.18 Å². The molecule has 0 saturated carbocycles. The van der Waals surface area contributed by atoms with Crippen molar-refractivity contribution in [2.75, 3.05) is 4.72 Å². The fourth-order valence-corrected chi connectivity index (χ4v) is 4.34. The molecular weight excluding hydrogens is 385 g/mol. The number of aryl methyl sites for hydroxylation is 1. The highest BCUT2D eigenvalue weighted by atomic mass is 32.2. The SMILES string of the molecule is Cc1nc(-c2ccccc2NS(=O)(=O)c2ccccc2C(F)(F)F)cs1. The summed E-state index contributed by atoms with van der Waals surface area (Å²) in [5.41, 5.74) is -0.0101. The number of sulfonamides is 1. The molecule has 1 aromatic heterocycles. The first-order chi connectivity index (χ1) is 12.2. The van der Waals surface area contributed by atoms with E-state index in [9.17, 15) is 21.6 Å². The van der Waals surface area contributed by atoms with Gasteiger partial charge in [-0.15, -0.1) is 11.3 Å². The van der Waals surface area contributed by atoms with Gasteiger partial charge in [0.05, 0.1) is 26.8 Å². The van der Waals surface area contributed by atoms with Crippen molar-refractivity contribution in [3.8, 4) is 11.3 Å². The molecule has 136 valence electrons. The first kappa shape index (κ1) is 18.4. The molecule has 0 spiro atoms. The van der Waals surface area contributed by atoms with Gasteiger partial charge in [0.2, 0.25) is 0 Å². The molecule has 4 nitrogen and oxygen atoms in total. The second kappa shape index (κ2) is 6.73. The molecule has 0 amide bonds. The normalized spacial score (nSPS) is 12.2. The van der Waals surface area contributed by atoms with Crippen molar-refractivity contribution in [2.24, 2.45) is 0 Å². The summed E-state index contributed by atoms with van der Waals surface area (Å²) in [5, 5.41) is 2.55. The van der Waals surface area contributed by atoms with Crippen molar-refractivity contribution in [1.29, 1.82) is 0 Å². The van der Waals surface area contributed by atoms with Crippen LogP contribution in [0.1, 0.15) is 10.6 Å².